The maximum atomic E-state index is 5.94. The van der Waals surface area contributed by atoms with Crippen LogP contribution >= 0.6 is 11.6 Å². The number of fused-ring (bicyclic) bond motifs is 1. The first-order valence-electron chi connectivity index (χ1n) is 6.13. The average Bonchev–Trinajstić information content (AvgIpc) is 2.39. The third-order valence-corrected chi connectivity index (χ3v) is 3.58. The number of benzene rings is 1. The Morgan fingerprint density at radius 1 is 1.29 bits per heavy atom. The molecule has 3 nitrogen and oxygen atoms in total. The second-order valence-corrected chi connectivity index (χ2v) is 5.04. The molecule has 1 saturated heterocycles. The molecule has 1 aromatic rings. The van der Waals surface area contributed by atoms with E-state index in [0.29, 0.717) is 12.6 Å². The highest BCUT2D eigenvalue weighted by molar-refractivity contribution is 6.30. The number of hydrogen-bond donors (Lipinski definition) is 1. The van der Waals surface area contributed by atoms with E-state index in [1.54, 1.807) is 0 Å². The predicted octanol–water partition coefficient (Wildman–Crippen LogP) is 2.72. The zero-order chi connectivity index (χ0) is 11.7. The van der Waals surface area contributed by atoms with Crippen LogP contribution in [-0.4, -0.2) is 18.9 Å². The predicted molar refractivity (Wildman–Crippen MR) is 66.3 cm³/mol. The standard InChI is InChI=1S/C13H16ClNO2/c14-10-4-5-12-9(7-10)8-16-13(17-12)11-3-1-2-6-15-11/h4-5,7,11,13,15H,1-3,6,8H2. The first kappa shape index (κ1) is 11.3. The van der Waals surface area contributed by atoms with Crippen LogP contribution in [0.4, 0.5) is 0 Å². The first-order chi connectivity index (χ1) is 8.33. The molecule has 2 aliphatic heterocycles. The molecule has 0 bridgehead atoms. The lowest BCUT2D eigenvalue weighted by molar-refractivity contribution is -0.130. The summed E-state index contributed by atoms with van der Waals surface area (Å²) < 4.78 is 11.6. The van der Waals surface area contributed by atoms with E-state index in [9.17, 15) is 0 Å². The van der Waals surface area contributed by atoms with E-state index < -0.39 is 0 Å². The molecule has 0 radical (unpaired) electrons. The minimum atomic E-state index is -0.163. The van der Waals surface area contributed by atoms with Crippen molar-refractivity contribution in [3.05, 3.63) is 28.8 Å². The van der Waals surface area contributed by atoms with E-state index >= 15 is 0 Å². The van der Waals surface area contributed by atoms with Crippen LogP contribution in [0.5, 0.6) is 5.75 Å². The van der Waals surface area contributed by atoms with Gasteiger partial charge in [0.05, 0.1) is 12.6 Å². The summed E-state index contributed by atoms with van der Waals surface area (Å²) >= 11 is 5.94. The highest BCUT2D eigenvalue weighted by Gasteiger charge is 2.29. The van der Waals surface area contributed by atoms with Gasteiger partial charge >= 0.3 is 0 Å². The molecule has 0 spiro atoms. The van der Waals surface area contributed by atoms with E-state index in [4.69, 9.17) is 21.1 Å². The van der Waals surface area contributed by atoms with Crippen molar-refractivity contribution in [3.63, 3.8) is 0 Å². The Bertz CT molecular complexity index is 404. The molecule has 3 rings (SSSR count). The molecule has 4 heteroatoms. The molecule has 2 heterocycles. The maximum Gasteiger partial charge on any atom is 0.215 e. The van der Waals surface area contributed by atoms with Crippen molar-refractivity contribution in [1.29, 1.82) is 0 Å². The first-order valence-corrected chi connectivity index (χ1v) is 6.51. The van der Waals surface area contributed by atoms with Gasteiger partial charge in [-0.05, 0) is 37.6 Å². The van der Waals surface area contributed by atoms with E-state index in [-0.39, 0.29) is 6.29 Å². The van der Waals surface area contributed by atoms with Crippen molar-refractivity contribution in [1.82, 2.24) is 5.32 Å². The number of ether oxygens (including phenoxy) is 2. The normalized spacial score (nSPS) is 28.3. The second-order valence-electron chi connectivity index (χ2n) is 4.61. The van der Waals surface area contributed by atoms with Crippen LogP contribution in [-0.2, 0) is 11.3 Å². The van der Waals surface area contributed by atoms with Gasteiger partial charge in [0.15, 0.2) is 0 Å². The van der Waals surface area contributed by atoms with Crippen LogP contribution in [0.2, 0.25) is 5.02 Å². The van der Waals surface area contributed by atoms with Crippen LogP contribution in [0.3, 0.4) is 0 Å². The van der Waals surface area contributed by atoms with E-state index in [2.05, 4.69) is 5.32 Å². The molecule has 2 unspecified atom stereocenters. The van der Waals surface area contributed by atoms with Gasteiger partial charge in [-0.3, -0.25) is 0 Å². The highest BCUT2D eigenvalue weighted by atomic mass is 35.5. The molecule has 2 atom stereocenters. The van der Waals surface area contributed by atoms with Crippen molar-refractivity contribution >= 4 is 11.6 Å². The Morgan fingerprint density at radius 3 is 3.06 bits per heavy atom. The third kappa shape index (κ3) is 2.41. The van der Waals surface area contributed by atoms with Gasteiger partial charge < -0.3 is 14.8 Å². The Hall–Kier alpha value is -0.770. The molecule has 0 amide bonds. The fraction of sp³-hybridized carbons (Fsp3) is 0.538. The smallest absolute Gasteiger partial charge is 0.215 e. The largest absolute Gasteiger partial charge is 0.463 e. The summed E-state index contributed by atoms with van der Waals surface area (Å²) in [4.78, 5) is 0. The van der Waals surface area contributed by atoms with Crippen LogP contribution in [0.15, 0.2) is 18.2 Å². The minimum Gasteiger partial charge on any atom is -0.463 e. The SMILES string of the molecule is Clc1ccc2c(c1)COC(C1CCCCN1)O2. The molecule has 0 saturated carbocycles. The van der Waals surface area contributed by atoms with Crippen molar-refractivity contribution in [2.45, 2.75) is 38.2 Å². The van der Waals surface area contributed by atoms with Gasteiger partial charge in [-0.15, -0.1) is 0 Å². The van der Waals surface area contributed by atoms with Gasteiger partial charge in [-0.1, -0.05) is 18.0 Å². The zero-order valence-electron chi connectivity index (χ0n) is 9.62. The molecule has 1 N–H and O–H groups in total. The molecule has 1 fully saturated rings. The summed E-state index contributed by atoms with van der Waals surface area (Å²) in [6.45, 7) is 1.64. The second kappa shape index (κ2) is 4.84. The minimum absolute atomic E-state index is 0.163. The van der Waals surface area contributed by atoms with Gasteiger partial charge in [-0.2, -0.15) is 0 Å². The molecule has 2 aliphatic rings. The van der Waals surface area contributed by atoms with Gasteiger partial charge in [0, 0.05) is 10.6 Å². The summed E-state index contributed by atoms with van der Waals surface area (Å²) in [5, 5.41) is 4.18. The number of piperidine rings is 1. The molecular weight excluding hydrogens is 238 g/mol. The van der Waals surface area contributed by atoms with Crippen molar-refractivity contribution in [2.75, 3.05) is 6.54 Å². The molecule has 0 aliphatic carbocycles. The summed E-state index contributed by atoms with van der Waals surface area (Å²) in [5.74, 6) is 0.901. The van der Waals surface area contributed by atoms with Gasteiger partial charge in [0.1, 0.15) is 5.75 Å². The zero-order valence-corrected chi connectivity index (χ0v) is 10.4. The summed E-state index contributed by atoms with van der Waals surface area (Å²) in [7, 11) is 0. The highest BCUT2D eigenvalue weighted by Crippen LogP contribution is 2.30. The van der Waals surface area contributed by atoms with E-state index in [1.807, 2.05) is 18.2 Å². The maximum absolute atomic E-state index is 5.94. The van der Waals surface area contributed by atoms with Gasteiger partial charge in [0.25, 0.3) is 0 Å². The monoisotopic (exact) mass is 253 g/mol. The van der Waals surface area contributed by atoms with E-state index in [1.165, 1.54) is 12.8 Å². The van der Waals surface area contributed by atoms with Crippen LogP contribution < -0.4 is 10.1 Å². The fourth-order valence-corrected chi connectivity index (χ4v) is 2.61. The lowest BCUT2D eigenvalue weighted by Crippen LogP contribution is -2.48. The number of nitrogens with one attached hydrogen (secondary N) is 1. The summed E-state index contributed by atoms with van der Waals surface area (Å²) in [6.07, 6.45) is 3.45. The topological polar surface area (TPSA) is 30.5 Å². The fourth-order valence-electron chi connectivity index (χ4n) is 2.42. The Labute approximate surface area is 106 Å². The third-order valence-electron chi connectivity index (χ3n) is 3.35. The number of rotatable bonds is 1. The lowest BCUT2D eigenvalue weighted by Gasteiger charge is -2.34. The Morgan fingerprint density at radius 2 is 2.24 bits per heavy atom. The molecule has 0 aromatic heterocycles. The molecule has 92 valence electrons. The van der Waals surface area contributed by atoms with Gasteiger partial charge in [-0.25, -0.2) is 0 Å². The summed E-state index contributed by atoms with van der Waals surface area (Å²) in [5.41, 5.74) is 1.03. The van der Waals surface area contributed by atoms with Crippen molar-refractivity contribution in [3.8, 4) is 5.75 Å². The Balaban J connectivity index is 1.73. The molecule has 1 aromatic carbocycles. The molecule has 17 heavy (non-hydrogen) atoms. The van der Waals surface area contributed by atoms with Crippen LogP contribution in [0.25, 0.3) is 0 Å². The van der Waals surface area contributed by atoms with E-state index in [0.717, 1.165) is 29.3 Å². The number of hydrogen-bond acceptors (Lipinski definition) is 3. The van der Waals surface area contributed by atoms with Crippen molar-refractivity contribution < 1.29 is 9.47 Å². The summed E-state index contributed by atoms with van der Waals surface area (Å²) in [6, 6.07) is 6.00. The molecular formula is C13H16ClNO2. The van der Waals surface area contributed by atoms with Gasteiger partial charge in [0.2, 0.25) is 6.29 Å². The Kier molecular flexibility index (Phi) is 3.23. The van der Waals surface area contributed by atoms with Crippen LogP contribution in [0, 0.1) is 0 Å². The quantitative estimate of drug-likeness (QED) is 0.835. The lowest BCUT2D eigenvalue weighted by atomic mass is 10.0. The van der Waals surface area contributed by atoms with Crippen molar-refractivity contribution in [2.24, 2.45) is 0 Å². The number of halogens is 1. The average molecular weight is 254 g/mol. The van der Waals surface area contributed by atoms with Crippen LogP contribution in [0.1, 0.15) is 24.8 Å².